The molecule has 0 radical (unpaired) electrons. The van der Waals surface area contributed by atoms with Gasteiger partial charge in [0.1, 0.15) is 17.2 Å². The Bertz CT molecular complexity index is 1410. The number of aromatic carboxylic acids is 1. The first-order chi connectivity index (χ1) is 17.4. The molecule has 0 aliphatic carbocycles. The highest BCUT2D eigenvalue weighted by molar-refractivity contribution is 9.10. The Hall–Kier alpha value is -3.62. The number of likely N-dealkylation sites (N-methyl/N-ethyl adjacent to an activating group) is 1. The number of carboxylic acids is 1. The van der Waals surface area contributed by atoms with Gasteiger partial charge in [0.05, 0.1) is 5.52 Å². The molecule has 36 heavy (non-hydrogen) atoms. The van der Waals surface area contributed by atoms with Crippen LogP contribution in [-0.2, 0) is 6.54 Å². The number of nitrogens with zero attached hydrogens (tertiary/aromatic N) is 3. The van der Waals surface area contributed by atoms with Crippen molar-refractivity contribution >= 4 is 38.7 Å². The minimum atomic E-state index is -1.01. The van der Waals surface area contributed by atoms with Crippen molar-refractivity contribution in [3.05, 3.63) is 94.1 Å². The molecule has 1 amide bonds. The van der Waals surface area contributed by atoms with Gasteiger partial charge in [-0.05, 0) is 64.9 Å². The number of fused-ring (bicyclic) bond motifs is 1. The molecule has 1 N–H and O–H groups in total. The van der Waals surface area contributed by atoms with Gasteiger partial charge in [-0.1, -0.05) is 30.3 Å². The second kappa shape index (κ2) is 10.2. The number of halogens is 1. The van der Waals surface area contributed by atoms with E-state index in [0.717, 1.165) is 47.1 Å². The lowest BCUT2D eigenvalue weighted by atomic mass is 10.1. The molecule has 3 aromatic carbocycles. The van der Waals surface area contributed by atoms with Crippen LogP contribution in [0.2, 0.25) is 0 Å². The number of aromatic nitrogens is 1. The number of carbonyl (C=O) groups excluding carboxylic acids is 1. The molecule has 5 rings (SSSR count). The zero-order chi connectivity index (χ0) is 25.2. The van der Waals surface area contributed by atoms with Gasteiger partial charge >= 0.3 is 5.97 Å². The first-order valence-corrected chi connectivity index (χ1v) is 12.5. The molecule has 7 nitrogen and oxygen atoms in total. The third-order valence-corrected chi connectivity index (χ3v) is 7.13. The molecule has 1 saturated heterocycles. The van der Waals surface area contributed by atoms with E-state index in [1.807, 2.05) is 71.6 Å². The standard InChI is InChI=1S/C28H26BrN3O4/c1-30-11-13-31(14-12-30)27(33)20-9-7-19(8-10-20)18-32-25-16-22(36-21-5-3-2-4-6-21)15-24(29)23(25)17-26(32)28(34)35/h2-10,15-17H,11-14,18H2,1H3,(H,34,35). The van der Waals surface area contributed by atoms with Gasteiger partial charge in [-0.3, -0.25) is 4.79 Å². The van der Waals surface area contributed by atoms with Crippen molar-refractivity contribution in [1.82, 2.24) is 14.4 Å². The van der Waals surface area contributed by atoms with Crippen molar-refractivity contribution in [2.24, 2.45) is 0 Å². The van der Waals surface area contributed by atoms with Crippen LogP contribution in [0.5, 0.6) is 11.5 Å². The minimum Gasteiger partial charge on any atom is -0.477 e. The molecule has 0 saturated carbocycles. The molecular weight excluding hydrogens is 522 g/mol. The van der Waals surface area contributed by atoms with Crippen LogP contribution in [0.4, 0.5) is 0 Å². The first-order valence-electron chi connectivity index (χ1n) is 11.7. The molecule has 1 aromatic heterocycles. The molecule has 8 heteroatoms. The number of piperazine rings is 1. The Balaban J connectivity index is 1.43. The summed E-state index contributed by atoms with van der Waals surface area (Å²) in [6.07, 6.45) is 0. The third kappa shape index (κ3) is 5.01. The number of hydrogen-bond donors (Lipinski definition) is 1. The molecule has 184 valence electrons. The molecule has 1 aliphatic rings. The summed E-state index contributed by atoms with van der Waals surface area (Å²) >= 11 is 3.58. The first kappa shape index (κ1) is 24.1. The average molecular weight is 548 g/mol. The Kier molecular flexibility index (Phi) is 6.80. The van der Waals surface area contributed by atoms with Gasteiger partial charge in [-0.15, -0.1) is 0 Å². The van der Waals surface area contributed by atoms with Gasteiger partial charge < -0.3 is 24.2 Å². The highest BCUT2D eigenvalue weighted by Gasteiger charge is 2.21. The molecule has 0 atom stereocenters. The zero-order valence-corrected chi connectivity index (χ0v) is 21.4. The van der Waals surface area contributed by atoms with E-state index in [4.69, 9.17) is 4.74 Å². The Morgan fingerprint density at radius 2 is 1.61 bits per heavy atom. The number of hydrogen-bond acceptors (Lipinski definition) is 4. The summed E-state index contributed by atoms with van der Waals surface area (Å²) in [6.45, 7) is 3.52. The highest BCUT2D eigenvalue weighted by Crippen LogP contribution is 2.34. The van der Waals surface area contributed by atoms with Gasteiger partial charge in [0.2, 0.25) is 0 Å². The maximum atomic E-state index is 12.9. The Morgan fingerprint density at radius 1 is 0.917 bits per heavy atom. The van der Waals surface area contributed by atoms with Gasteiger partial charge in [0.15, 0.2) is 0 Å². The number of para-hydroxylation sites is 1. The van der Waals surface area contributed by atoms with Crippen LogP contribution in [0.15, 0.2) is 77.3 Å². The van der Waals surface area contributed by atoms with Crippen LogP contribution in [0, 0.1) is 0 Å². The minimum absolute atomic E-state index is 0.0268. The van der Waals surface area contributed by atoms with E-state index in [0.29, 0.717) is 23.6 Å². The SMILES string of the molecule is CN1CCN(C(=O)c2ccc(Cn3c(C(=O)O)cc4c(Br)cc(Oc5ccccc5)cc43)cc2)CC1. The largest absolute Gasteiger partial charge is 0.477 e. The maximum absolute atomic E-state index is 12.9. The number of ether oxygens (including phenoxy) is 1. The number of benzene rings is 3. The van der Waals surface area contributed by atoms with E-state index in [2.05, 4.69) is 27.9 Å². The molecule has 1 aliphatic heterocycles. The third-order valence-electron chi connectivity index (χ3n) is 6.47. The van der Waals surface area contributed by atoms with Gasteiger partial charge in [0, 0.05) is 54.2 Å². The van der Waals surface area contributed by atoms with E-state index in [9.17, 15) is 14.7 Å². The summed E-state index contributed by atoms with van der Waals surface area (Å²) in [5, 5.41) is 10.7. The van der Waals surface area contributed by atoms with Gasteiger partial charge in [-0.2, -0.15) is 0 Å². The van der Waals surface area contributed by atoms with Crippen LogP contribution in [-0.4, -0.2) is 64.6 Å². The monoisotopic (exact) mass is 547 g/mol. The van der Waals surface area contributed by atoms with Crippen LogP contribution in [0.1, 0.15) is 26.4 Å². The normalized spacial score (nSPS) is 14.2. The Labute approximate surface area is 217 Å². The highest BCUT2D eigenvalue weighted by atomic mass is 79.9. The van der Waals surface area contributed by atoms with Gasteiger partial charge in [0.25, 0.3) is 5.91 Å². The number of carbonyl (C=O) groups is 2. The topological polar surface area (TPSA) is 75.0 Å². The van der Waals surface area contributed by atoms with Crippen molar-refractivity contribution in [2.45, 2.75) is 6.54 Å². The molecular formula is C28H26BrN3O4. The molecule has 0 spiro atoms. The second-order valence-corrected chi connectivity index (χ2v) is 9.82. The average Bonchev–Trinajstić information content (AvgIpc) is 3.24. The van der Waals surface area contributed by atoms with Crippen LogP contribution < -0.4 is 4.74 Å². The fourth-order valence-electron chi connectivity index (χ4n) is 4.45. The van der Waals surface area contributed by atoms with Crippen molar-refractivity contribution in [3.8, 4) is 11.5 Å². The van der Waals surface area contributed by atoms with E-state index < -0.39 is 5.97 Å². The van der Waals surface area contributed by atoms with Gasteiger partial charge in [-0.25, -0.2) is 4.79 Å². The second-order valence-electron chi connectivity index (χ2n) is 8.97. The molecule has 4 aromatic rings. The maximum Gasteiger partial charge on any atom is 0.352 e. The van der Waals surface area contributed by atoms with Crippen LogP contribution >= 0.6 is 15.9 Å². The smallest absolute Gasteiger partial charge is 0.352 e. The summed E-state index contributed by atoms with van der Waals surface area (Å²) in [6, 6.07) is 22.2. The summed E-state index contributed by atoms with van der Waals surface area (Å²) in [4.78, 5) is 29.1. The van der Waals surface area contributed by atoms with Crippen molar-refractivity contribution in [2.75, 3.05) is 33.2 Å². The fourth-order valence-corrected chi connectivity index (χ4v) is 4.99. The summed E-state index contributed by atoms with van der Waals surface area (Å²) in [5.74, 6) is 0.315. The summed E-state index contributed by atoms with van der Waals surface area (Å²) in [7, 11) is 2.06. The fraction of sp³-hybridized carbons (Fsp3) is 0.214. The van der Waals surface area contributed by atoms with E-state index in [-0.39, 0.29) is 11.6 Å². The lowest BCUT2D eigenvalue weighted by Gasteiger charge is -2.32. The molecule has 2 heterocycles. The summed E-state index contributed by atoms with van der Waals surface area (Å²) < 4.78 is 8.52. The molecule has 0 unspecified atom stereocenters. The Morgan fingerprint density at radius 3 is 2.28 bits per heavy atom. The van der Waals surface area contributed by atoms with E-state index >= 15 is 0 Å². The predicted molar refractivity (Wildman–Crippen MR) is 142 cm³/mol. The predicted octanol–water partition coefficient (Wildman–Crippen LogP) is 5.33. The lowest BCUT2D eigenvalue weighted by Crippen LogP contribution is -2.47. The molecule has 1 fully saturated rings. The number of carboxylic acid groups (broad SMARTS) is 1. The zero-order valence-electron chi connectivity index (χ0n) is 19.9. The van der Waals surface area contributed by atoms with Crippen molar-refractivity contribution < 1.29 is 19.4 Å². The lowest BCUT2D eigenvalue weighted by molar-refractivity contribution is 0.0661. The summed E-state index contributed by atoms with van der Waals surface area (Å²) in [5.41, 5.74) is 2.46. The van der Waals surface area contributed by atoms with Crippen LogP contribution in [0.3, 0.4) is 0 Å². The van der Waals surface area contributed by atoms with Crippen molar-refractivity contribution in [3.63, 3.8) is 0 Å². The van der Waals surface area contributed by atoms with E-state index in [1.165, 1.54) is 0 Å². The number of rotatable bonds is 6. The number of amides is 1. The quantitative estimate of drug-likeness (QED) is 0.353. The molecule has 0 bridgehead atoms. The van der Waals surface area contributed by atoms with E-state index in [1.54, 1.807) is 10.6 Å². The van der Waals surface area contributed by atoms with Crippen LogP contribution in [0.25, 0.3) is 10.9 Å². The van der Waals surface area contributed by atoms with Crippen molar-refractivity contribution in [1.29, 1.82) is 0 Å².